The van der Waals surface area contributed by atoms with Crippen molar-refractivity contribution in [3.63, 3.8) is 0 Å². The number of nitrogens with one attached hydrogen (secondary N) is 1. The summed E-state index contributed by atoms with van der Waals surface area (Å²) in [4.78, 5) is 37.0. The molecule has 0 bridgehead atoms. The van der Waals surface area contributed by atoms with Crippen LogP contribution >= 0.6 is 0 Å². The Morgan fingerprint density at radius 1 is 1.15 bits per heavy atom. The van der Waals surface area contributed by atoms with Gasteiger partial charge in [-0.15, -0.1) is 0 Å². The van der Waals surface area contributed by atoms with Crippen LogP contribution < -0.4 is 10.1 Å². The van der Waals surface area contributed by atoms with Crippen molar-refractivity contribution in [3.8, 4) is 5.75 Å². The van der Waals surface area contributed by atoms with Gasteiger partial charge >= 0.3 is 11.7 Å². The van der Waals surface area contributed by atoms with Crippen LogP contribution in [0.25, 0.3) is 0 Å². The van der Waals surface area contributed by atoms with Crippen molar-refractivity contribution < 1.29 is 24.0 Å². The van der Waals surface area contributed by atoms with Gasteiger partial charge in [-0.1, -0.05) is 35.9 Å². The number of nitro groups is 1. The molecule has 0 saturated carbocycles. The first kappa shape index (κ1) is 23.2. The second-order valence-electron chi connectivity index (χ2n) is 8.52. The second kappa shape index (κ2) is 9.51. The molecule has 1 N–H and O–H groups in total. The highest BCUT2D eigenvalue weighted by atomic mass is 16.6. The minimum absolute atomic E-state index is 0.0741. The number of dihydropyridines is 1. The van der Waals surface area contributed by atoms with Gasteiger partial charge in [0.25, 0.3) is 0 Å². The van der Waals surface area contributed by atoms with Crippen molar-refractivity contribution >= 4 is 17.4 Å². The molecule has 2 aromatic rings. The Labute approximate surface area is 197 Å². The van der Waals surface area contributed by atoms with Crippen LogP contribution in [0.3, 0.4) is 0 Å². The maximum atomic E-state index is 12.9. The molecule has 1 heterocycles. The van der Waals surface area contributed by atoms with Crippen LogP contribution in [0, 0.1) is 17.0 Å². The first-order valence-corrected chi connectivity index (χ1v) is 11.1. The fourth-order valence-electron chi connectivity index (χ4n) is 4.52. The third kappa shape index (κ3) is 4.44. The van der Waals surface area contributed by atoms with E-state index >= 15 is 0 Å². The summed E-state index contributed by atoms with van der Waals surface area (Å²) in [6.45, 7) is 3.90. The monoisotopic (exact) mass is 462 g/mol. The molecule has 0 amide bonds. The zero-order valence-corrected chi connectivity index (χ0v) is 19.3. The van der Waals surface area contributed by atoms with Crippen molar-refractivity contribution in [1.82, 2.24) is 5.32 Å². The lowest BCUT2D eigenvalue weighted by Crippen LogP contribution is -2.34. The summed E-state index contributed by atoms with van der Waals surface area (Å²) in [6, 6.07) is 12.3. The Morgan fingerprint density at radius 2 is 1.88 bits per heavy atom. The molecular weight excluding hydrogens is 436 g/mol. The van der Waals surface area contributed by atoms with Crippen LogP contribution in [0.5, 0.6) is 5.75 Å². The van der Waals surface area contributed by atoms with Crippen LogP contribution in [-0.4, -0.2) is 23.8 Å². The average Bonchev–Trinajstić information content (AvgIpc) is 2.82. The molecule has 176 valence electrons. The SMILES string of the molecule is COC(=O)C1=C(C)NC2=C(C(=O)CCC2)[C@H]1c1ccc(OCc2ccc(C)cc2)c([N+](=O)[O-])c1. The summed E-state index contributed by atoms with van der Waals surface area (Å²) in [5, 5.41) is 15.1. The Hall–Kier alpha value is -3.94. The molecule has 2 aliphatic rings. The van der Waals surface area contributed by atoms with Gasteiger partial charge in [0.1, 0.15) is 6.61 Å². The molecular formula is C26H26N2O6. The molecule has 0 radical (unpaired) electrons. The van der Waals surface area contributed by atoms with E-state index in [1.165, 1.54) is 19.2 Å². The van der Waals surface area contributed by atoms with E-state index < -0.39 is 16.8 Å². The molecule has 0 unspecified atom stereocenters. The van der Waals surface area contributed by atoms with Gasteiger partial charge in [-0.05, 0) is 43.9 Å². The number of allylic oxidation sites excluding steroid dienone is 3. The van der Waals surface area contributed by atoms with Crippen molar-refractivity contribution in [1.29, 1.82) is 0 Å². The van der Waals surface area contributed by atoms with E-state index in [1.807, 2.05) is 31.2 Å². The van der Waals surface area contributed by atoms with E-state index in [2.05, 4.69) is 5.32 Å². The lowest BCUT2D eigenvalue weighted by atomic mass is 9.75. The number of ketones is 1. The van der Waals surface area contributed by atoms with E-state index in [0.29, 0.717) is 36.1 Å². The van der Waals surface area contributed by atoms with E-state index in [1.54, 1.807) is 13.0 Å². The van der Waals surface area contributed by atoms with Crippen LogP contribution in [0.15, 0.2) is 65.0 Å². The standard InChI is InChI=1S/C26H26N2O6/c1-15-7-9-17(10-8-15)14-34-22-12-11-18(13-20(22)28(31)32)24-23(26(30)33-3)16(2)27-19-5-4-6-21(29)25(19)24/h7-13,24,27H,4-6,14H2,1-3H3/t24-/m0/s1. The predicted octanol–water partition coefficient (Wildman–Crippen LogP) is 4.62. The highest BCUT2D eigenvalue weighted by Crippen LogP contribution is 2.44. The van der Waals surface area contributed by atoms with Gasteiger partial charge in [0.2, 0.25) is 0 Å². The number of nitro benzene ring substituents is 1. The minimum Gasteiger partial charge on any atom is -0.482 e. The van der Waals surface area contributed by atoms with Crippen molar-refractivity contribution in [2.45, 2.75) is 45.6 Å². The Bertz CT molecular complexity index is 1230. The number of esters is 1. The number of carbonyl (C=O) groups excluding carboxylic acids is 2. The molecule has 0 spiro atoms. The zero-order chi connectivity index (χ0) is 24.4. The lowest BCUT2D eigenvalue weighted by Gasteiger charge is -2.34. The lowest BCUT2D eigenvalue weighted by molar-refractivity contribution is -0.386. The van der Waals surface area contributed by atoms with Crippen LogP contribution in [0.2, 0.25) is 0 Å². The quantitative estimate of drug-likeness (QED) is 0.379. The summed E-state index contributed by atoms with van der Waals surface area (Å²) in [5.74, 6) is -1.29. The van der Waals surface area contributed by atoms with Gasteiger partial charge in [-0.3, -0.25) is 14.9 Å². The summed E-state index contributed by atoms with van der Waals surface area (Å²) in [5.41, 5.74) is 4.32. The summed E-state index contributed by atoms with van der Waals surface area (Å²) < 4.78 is 10.8. The molecule has 0 saturated heterocycles. The number of Topliss-reactive ketones (excluding diaryl/α,β-unsaturated/α-hetero) is 1. The molecule has 1 aliphatic carbocycles. The topological polar surface area (TPSA) is 108 Å². The van der Waals surface area contributed by atoms with Gasteiger partial charge in [0.15, 0.2) is 11.5 Å². The second-order valence-corrected chi connectivity index (χ2v) is 8.52. The number of hydrogen-bond donors (Lipinski definition) is 1. The number of nitrogens with zero attached hydrogens (tertiary/aromatic N) is 1. The molecule has 1 aliphatic heterocycles. The Kier molecular flexibility index (Phi) is 6.49. The molecule has 8 nitrogen and oxygen atoms in total. The number of methoxy groups -OCH3 is 1. The third-order valence-electron chi connectivity index (χ3n) is 6.21. The maximum absolute atomic E-state index is 12.9. The number of rotatable bonds is 6. The van der Waals surface area contributed by atoms with Crippen molar-refractivity contribution in [3.05, 3.63) is 91.8 Å². The highest BCUT2D eigenvalue weighted by molar-refractivity contribution is 6.03. The first-order chi connectivity index (χ1) is 16.3. The predicted molar refractivity (Wildman–Crippen MR) is 125 cm³/mol. The van der Waals surface area contributed by atoms with Gasteiger partial charge < -0.3 is 14.8 Å². The molecule has 2 aromatic carbocycles. The number of hydrogen-bond acceptors (Lipinski definition) is 7. The summed E-state index contributed by atoms with van der Waals surface area (Å²) in [7, 11) is 1.27. The molecule has 0 fully saturated rings. The maximum Gasteiger partial charge on any atom is 0.336 e. The molecule has 0 aromatic heterocycles. The van der Waals surface area contributed by atoms with Gasteiger partial charge in [-0.25, -0.2) is 4.79 Å². The van der Waals surface area contributed by atoms with Crippen LogP contribution in [-0.2, 0) is 20.9 Å². The fourth-order valence-corrected chi connectivity index (χ4v) is 4.52. The normalized spacial score (nSPS) is 17.7. The van der Waals surface area contributed by atoms with Gasteiger partial charge in [0, 0.05) is 35.4 Å². The van der Waals surface area contributed by atoms with Crippen LogP contribution in [0.1, 0.15) is 48.8 Å². The molecule has 4 rings (SSSR count). The number of aryl methyl sites for hydroxylation is 1. The average molecular weight is 463 g/mol. The fraction of sp³-hybridized carbons (Fsp3) is 0.308. The smallest absolute Gasteiger partial charge is 0.336 e. The summed E-state index contributed by atoms with van der Waals surface area (Å²) in [6.07, 6.45) is 1.75. The van der Waals surface area contributed by atoms with E-state index in [0.717, 1.165) is 16.8 Å². The molecule has 8 heteroatoms. The summed E-state index contributed by atoms with van der Waals surface area (Å²) >= 11 is 0. The Morgan fingerprint density at radius 3 is 2.56 bits per heavy atom. The van der Waals surface area contributed by atoms with Crippen molar-refractivity contribution in [2.24, 2.45) is 0 Å². The highest BCUT2D eigenvalue weighted by Gasteiger charge is 2.39. The van der Waals surface area contributed by atoms with Crippen LogP contribution in [0.4, 0.5) is 5.69 Å². The molecule has 1 atom stereocenters. The number of benzene rings is 2. The minimum atomic E-state index is -0.749. The van der Waals surface area contributed by atoms with Gasteiger partial charge in [0.05, 0.1) is 17.6 Å². The number of carbonyl (C=O) groups is 2. The van der Waals surface area contributed by atoms with Crippen molar-refractivity contribution in [2.75, 3.05) is 7.11 Å². The number of ether oxygens (including phenoxy) is 2. The van der Waals surface area contributed by atoms with E-state index in [9.17, 15) is 19.7 Å². The Balaban J connectivity index is 1.75. The zero-order valence-electron chi connectivity index (χ0n) is 19.3. The van der Waals surface area contributed by atoms with E-state index in [-0.39, 0.29) is 29.4 Å². The largest absolute Gasteiger partial charge is 0.482 e. The van der Waals surface area contributed by atoms with Gasteiger partial charge in [-0.2, -0.15) is 0 Å². The molecule has 34 heavy (non-hydrogen) atoms. The van der Waals surface area contributed by atoms with E-state index in [4.69, 9.17) is 9.47 Å². The third-order valence-corrected chi connectivity index (χ3v) is 6.21. The first-order valence-electron chi connectivity index (χ1n) is 11.1.